The molecule has 0 aliphatic rings. The number of nitrogens with zero attached hydrogens (tertiary/aromatic N) is 1. The number of phosphoric ester groups is 1. The molecule has 0 aromatic rings. The lowest BCUT2D eigenvalue weighted by atomic mass is 10.0. The molecule has 0 bridgehead atoms. The Kier molecular flexibility index (Phi) is 56.3. The number of phosphoric acid groups is 1. The van der Waals surface area contributed by atoms with Crippen molar-refractivity contribution in [3.8, 4) is 0 Å². The number of unbranched alkanes of at least 4 members (excludes halogenated alkanes) is 31. The minimum atomic E-state index is -4.46. The highest BCUT2D eigenvalue weighted by atomic mass is 31.2. The van der Waals surface area contributed by atoms with Crippen LogP contribution in [0, 0.1) is 0 Å². The lowest BCUT2D eigenvalue weighted by molar-refractivity contribution is -0.870. The Labute approximate surface area is 488 Å². The number of esters is 1. The summed E-state index contributed by atoms with van der Waals surface area (Å²) in [5, 5.41) is 3.05. The summed E-state index contributed by atoms with van der Waals surface area (Å²) in [6.45, 7) is 6.89. The zero-order valence-corrected chi connectivity index (χ0v) is 53.2. The zero-order chi connectivity index (χ0) is 57.9. The standard InChI is InChI=1S/C69H125N2O7P/c1-7-10-13-16-19-22-25-28-29-30-31-32-33-34-35-36-37-38-39-40-41-44-47-50-53-56-59-62-69(73)78-67(60-57-54-51-48-45-42-26-23-20-17-14-11-8-2)66(65-77-79(74,75)76-64-63-71(4,5)6)70-68(72)61-58-55-52-49-46-43-27-24-21-18-15-12-9-3/h10,13,19,22,28-29,31-32,34-35,43,46,57,60,66-67H,7-9,11-12,14-18,20-21,23-27,30,33,36-42,44-45,47-56,58-59,61-65H2,1-6H3,(H-,70,72,74,75)/p+1/b13-10-,22-19-,29-28-,32-31-,35-34-,46-43-,60-57-. The van der Waals surface area contributed by atoms with Crippen molar-refractivity contribution in [2.24, 2.45) is 0 Å². The number of hydrogen-bond acceptors (Lipinski definition) is 6. The SMILES string of the molecule is CC/C=C\C/C=C\C/C=C\C/C=C\C/C=C\CCCCCCCCCCCCCC(=O)OC(/C=C\CCCCCCCCCCCCC)C(COP(=O)(O)OCC[N+](C)(C)C)NC(=O)CCCCC/C=C\CCCCCCCC. The van der Waals surface area contributed by atoms with Gasteiger partial charge in [0.05, 0.1) is 33.8 Å². The summed E-state index contributed by atoms with van der Waals surface area (Å²) in [5.41, 5.74) is 0. The molecule has 0 heterocycles. The Morgan fingerprint density at radius 3 is 1.24 bits per heavy atom. The fraction of sp³-hybridized carbons (Fsp3) is 0.768. The highest BCUT2D eigenvalue weighted by Gasteiger charge is 2.30. The maximum Gasteiger partial charge on any atom is 0.472 e. The maximum absolute atomic E-state index is 13.5. The van der Waals surface area contributed by atoms with Crippen LogP contribution in [0.5, 0.6) is 0 Å². The molecule has 3 atom stereocenters. The van der Waals surface area contributed by atoms with E-state index < -0.39 is 20.0 Å². The quantitative estimate of drug-likeness (QED) is 0.0205. The average molecular weight is 1130 g/mol. The first-order chi connectivity index (χ1) is 38.4. The van der Waals surface area contributed by atoms with E-state index in [1.54, 1.807) is 0 Å². The first kappa shape index (κ1) is 76.2. The summed E-state index contributed by atoms with van der Waals surface area (Å²) in [4.78, 5) is 37.7. The number of allylic oxidation sites excluding steroid dienone is 13. The van der Waals surface area contributed by atoms with E-state index >= 15 is 0 Å². The molecule has 3 unspecified atom stereocenters. The van der Waals surface area contributed by atoms with Crippen molar-refractivity contribution in [2.45, 2.75) is 303 Å². The fourth-order valence-corrected chi connectivity index (χ4v) is 9.99. The largest absolute Gasteiger partial charge is 0.472 e. The number of carbonyl (C=O) groups excluding carboxylic acids is 2. The summed E-state index contributed by atoms with van der Waals surface area (Å²) in [6.07, 6.45) is 77.3. The monoisotopic (exact) mass is 1130 g/mol. The van der Waals surface area contributed by atoms with Gasteiger partial charge in [0.15, 0.2) is 0 Å². The molecule has 0 spiro atoms. The Morgan fingerprint density at radius 2 is 0.810 bits per heavy atom. The van der Waals surface area contributed by atoms with Crippen LogP contribution in [-0.4, -0.2) is 74.3 Å². The minimum Gasteiger partial charge on any atom is -0.456 e. The molecule has 0 saturated heterocycles. The zero-order valence-electron chi connectivity index (χ0n) is 52.3. The van der Waals surface area contributed by atoms with Crippen LogP contribution in [0.3, 0.4) is 0 Å². The topological polar surface area (TPSA) is 111 Å². The second-order valence-corrected chi connectivity index (χ2v) is 24.7. The first-order valence-electron chi connectivity index (χ1n) is 32.9. The van der Waals surface area contributed by atoms with Crippen LogP contribution in [0.2, 0.25) is 0 Å². The van der Waals surface area contributed by atoms with Gasteiger partial charge in [-0.05, 0) is 102 Å². The number of hydrogen-bond donors (Lipinski definition) is 2. The van der Waals surface area contributed by atoms with Gasteiger partial charge in [0.2, 0.25) is 5.91 Å². The van der Waals surface area contributed by atoms with Gasteiger partial charge in [0, 0.05) is 12.8 Å². The van der Waals surface area contributed by atoms with Crippen molar-refractivity contribution in [1.82, 2.24) is 5.32 Å². The third kappa shape index (κ3) is 59.6. The van der Waals surface area contributed by atoms with E-state index in [-0.39, 0.29) is 31.5 Å². The highest BCUT2D eigenvalue weighted by Crippen LogP contribution is 2.43. The molecule has 79 heavy (non-hydrogen) atoms. The predicted molar refractivity (Wildman–Crippen MR) is 341 cm³/mol. The Hall–Kier alpha value is -2.81. The molecule has 0 saturated carbocycles. The molecule has 2 N–H and O–H groups in total. The third-order valence-electron chi connectivity index (χ3n) is 14.3. The molecular formula is C69H126N2O7P+. The lowest BCUT2D eigenvalue weighted by Gasteiger charge is -2.27. The number of ether oxygens (including phenoxy) is 1. The molecule has 10 heteroatoms. The highest BCUT2D eigenvalue weighted by molar-refractivity contribution is 7.47. The van der Waals surface area contributed by atoms with Crippen molar-refractivity contribution in [1.29, 1.82) is 0 Å². The molecule has 0 aliphatic carbocycles. The van der Waals surface area contributed by atoms with E-state index in [1.165, 1.54) is 154 Å². The molecule has 1 amide bonds. The summed E-state index contributed by atoms with van der Waals surface area (Å²) in [6, 6.07) is -0.860. The van der Waals surface area contributed by atoms with Gasteiger partial charge >= 0.3 is 13.8 Å². The summed E-state index contributed by atoms with van der Waals surface area (Å²) in [5.74, 6) is -0.524. The fourth-order valence-electron chi connectivity index (χ4n) is 9.26. The van der Waals surface area contributed by atoms with Gasteiger partial charge in [-0.25, -0.2) is 4.57 Å². The number of amides is 1. The van der Waals surface area contributed by atoms with Crippen LogP contribution in [-0.2, 0) is 27.9 Å². The van der Waals surface area contributed by atoms with Crippen LogP contribution < -0.4 is 5.32 Å². The third-order valence-corrected chi connectivity index (χ3v) is 15.3. The molecule has 458 valence electrons. The molecule has 0 rings (SSSR count). The number of quaternary nitrogens is 1. The van der Waals surface area contributed by atoms with Crippen molar-refractivity contribution in [2.75, 3.05) is 40.9 Å². The normalized spacial score (nSPS) is 14.2. The van der Waals surface area contributed by atoms with Crippen LogP contribution in [0.25, 0.3) is 0 Å². The Bertz CT molecular complexity index is 1630. The summed E-state index contributed by atoms with van der Waals surface area (Å²) in [7, 11) is 1.48. The first-order valence-corrected chi connectivity index (χ1v) is 34.4. The van der Waals surface area contributed by atoms with Gasteiger partial charge in [-0.2, -0.15) is 0 Å². The van der Waals surface area contributed by atoms with Crippen molar-refractivity contribution < 1.29 is 37.3 Å². The van der Waals surface area contributed by atoms with E-state index in [1.807, 2.05) is 33.3 Å². The second-order valence-electron chi connectivity index (χ2n) is 23.3. The van der Waals surface area contributed by atoms with Gasteiger partial charge in [-0.1, -0.05) is 260 Å². The number of carbonyl (C=O) groups is 2. The molecule has 9 nitrogen and oxygen atoms in total. The van der Waals surface area contributed by atoms with Crippen LogP contribution in [0.1, 0.15) is 290 Å². The molecular weight excluding hydrogens is 1000 g/mol. The van der Waals surface area contributed by atoms with Gasteiger partial charge < -0.3 is 19.4 Å². The van der Waals surface area contributed by atoms with Gasteiger partial charge in [0.1, 0.15) is 19.3 Å². The van der Waals surface area contributed by atoms with Crippen LogP contribution in [0.4, 0.5) is 0 Å². The Balaban J connectivity index is 5.10. The number of nitrogens with one attached hydrogen (secondary N) is 1. The van der Waals surface area contributed by atoms with Crippen molar-refractivity contribution in [3.63, 3.8) is 0 Å². The van der Waals surface area contributed by atoms with E-state index in [0.717, 1.165) is 103 Å². The minimum absolute atomic E-state index is 0.0350. The Morgan fingerprint density at radius 1 is 0.456 bits per heavy atom. The number of likely N-dealkylation sites (N-methyl/N-ethyl adjacent to an activating group) is 1. The average Bonchev–Trinajstić information content (AvgIpc) is 3.41. The van der Waals surface area contributed by atoms with Crippen LogP contribution in [0.15, 0.2) is 85.1 Å². The van der Waals surface area contributed by atoms with Gasteiger partial charge in [0.25, 0.3) is 0 Å². The molecule has 0 radical (unpaired) electrons. The van der Waals surface area contributed by atoms with E-state index in [2.05, 4.69) is 99.0 Å². The maximum atomic E-state index is 13.5. The van der Waals surface area contributed by atoms with Gasteiger partial charge in [-0.15, -0.1) is 0 Å². The molecule has 0 aromatic heterocycles. The van der Waals surface area contributed by atoms with Crippen LogP contribution >= 0.6 is 7.82 Å². The van der Waals surface area contributed by atoms with E-state index in [4.69, 9.17) is 13.8 Å². The second kappa shape index (κ2) is 58.4. The summed E-state index contributed by atoms with van der Waals surface area (Å²) >= 11 is 0. The van der Waals surface area contributed by atoms with Gasteiger partial charge in [-0.3, -0.25) is 18.6 Å². The van der Waals surface area contributed by atoms with Crippen molar-refractivity contribution >= 4 is 19.7 Å². The smallest absolute Gasteiger partial charge is 0.456 e. The summed E-state index contributed by atoms with van der Waals surface area (Å²) < 4.78 is 30.7. The molecule has 0 aromatic carbocycles. The van der Waals surface area contributed by atoms with E-state index in [9.17, 15) is 19.0 Å². The molecule has 0 fully saturated rings. The lowest BCUT2D eigenvalue weighted by Crippen LogP contribution is -2.47. The van der Waals surface area contributed by atoms with Crippen molar-refractivity contribution in [3.05, 3.63) is 85.1 Å². The number of rotatable bonds is 59. The molecule has 0 aliphatic heterocycles. The predicted octanol–water partition coefficient (Wildman–Crippen LogP) is 20.6. The van der Waals surface area contributed by atoms with E-state index in [0.29, 0.717) is 17.4 Å².